The third kappa shape index (κ3) is 1.29. The second-order valence-corrected chi connectivity index (χ2v) is 3.29. The van der Waals surface area contributed by atoms with Gasteiger partial charge in [0.1, 0.15) is 0 Å². The standard InChI is InChI=1S/C2HN2O6S2/c5-4-2(12(8)9)1(3-10-4)11(6)7/h3H/q-1. The molecule has 1 aromatic rings. The molecule has 0 saturated carbocycles. The molecule has 0 aromatic carbocycles. The zero-order valence-electron chi connectivity index (χ0n) is 5.21. The van der Waals surface area contributed by atoms with E-state index in [1.54, 1.807) is 5.16 Å². The lowest BCUT2D eigenvalue weighted by atomic mass is 10.9. The predicted molar refractivity (Wildman–Crippen MR) is 34.1 cm³/mol. The molecule has 1 heterocycles. The van der Waals surface area contributed by atoms with E-state index in [1.165, 1.54) is 0 Å². The highest BCUT2D eigenvalue weighted by molar-refractivity contribution is 7.66. The van der Waals surface area contributed by atoms with Crippen LogP contribution in [0.4, 0.5) is 0 Å². The average Bonchev–Trinajstić information content (AvgIpc) is 2.30. The first-order chi connectivity index (χ1) is 5.54. The van der Waals surface area contributed by atoms with Gasteiger partial charge in [-0.1, -0.05) is 0 Å². The number of nitrogens with zero attached hydrogens (tertiary/aromatic N) is 1. The van der Waals surface area contributed by atoms with Crippen molar-refractivity contribution in [3.05, 3.63) is 14.5 Å². The smallest absolute Gasteiger partial charge is 0.244 e. The van der Waals surface area contributed by atoms with Gasteiger partial charge in [0.05, 0.1) is 0 Å². The fourth-order valence-corrected chi connectivity index (χ4v) is 1.58. The fraction of sp³-hybridized carbons (Fsp3) is 0. The molecule has 0 unspecified atom stereocenters. The van der Waals surface area contributed by atoms with Crippen LogP contribution in [0.25, 0.3) is 0 Å². The lowest BCUT2D eigenvalue weighted by Crippen LogP contribution is -1.83. The van der Waals surface area contributed by atoms with Gasteiger partial charge in [0.2, 0.25) is 29.9 Å². The molecule has 1 rings (SSSR count). The van der Waals surface area contributed by atoms with E-state index in [4.69, 9.17) is 0 Å². The number of nitrogens with one attached hydrogen (secondary N) is 1. The zero-order valence-corrected chi connectivity index (χ0v) is 6.85. The molecule has 68 valence electrons. The molecule has 10 heteroatoms. The van der Waals surface area contributed by atoms with Crippen LogP contribution >= 0.6 is 0 Å². The Bertz CT molecular complexity index is 604. The van der Waals surface area contributed by atoms with E-state index in [0.717, 1.165) is 0 Å². The Morgan fingerprint density at radius 2 is 1.83 bits per heavy atom. The van der Waals surface area contributed by atoms with Crippen molar-refractivity contribution in [2.75, 3.05) is 0 Å². The number of hydrogen-bond acceptors (Lipinski definition) is 6. The van der Waals surface area contributed by atoms with Gasteiger partial charge in [-0.2, -0.15) is 21.7 Å². The molecular weight excluding hydrogens is 212 g/mol. The summed E-state index contributed by atoms with van der Waals surface area (Å²) < 4.78 is 43.0. The van der Waals surface area contributed by atoms with E-state index in [9.17, 15) is 22.0 Å². The molecule has 0 atom stereocenters. The minimum absolute atomic E-state index is 0.450. The van der Waals surface area contributed by atoms with Crippen LogP contribution in [0.3, 0.4) is 0 Å². The summed E-state index contributed by atoms with van der Waals surface area (Å²) in [5.41, 5.74) is 0. The van der Waals surface area contributed by atoms with Crippen LogP contribution in [-0.2, 0) is 20.6 Å². The van der Waals surface area contributed by atoms with E-state index in [0.29, 0.717) is 0 Å². The fourth-order valence-electron chi connectivity index (χ4n) is 0.493. The van der Waals surface area contributed by atoms with Crippen LogP contribution in [0.1, 0.15) is 0 Å². The minimum atomic E-state index is -2.96. The molecule has 1 N–H and O–H groups in total. The summed E-state index contributed by atoms with van der Waals surface area (Å²) in [5, 5.41) is 12.1. The van der Waals surface area contributed by atoms with Gasteiger partial charge in [0.15, 0.2) is 0 Å². The first-order valence-electron chi connectivity index (χ1n) is 2.37. The largest absolute Gasteiger partial charge is 0.459 e. The van der Waals surface area contributed by atoms with Gasteiger partial charge >= 0.3 is 0 Å². The van der Waals surface area contributed by atoms with E-state index < -0.39 is 34.8 Å². The number of aromatic amines is 1. The quantitative estimate of drug-likeness (QED) is 0.527. The van der Waals surface area contributed by atoms with Crippen molar-refractivity contribution >= 4 is 20.6 Å². The lowest BCUT2D eigenvalue weighted by Gasteiger charge is -1.90. The molecule has 0 radical (unpaired) electrons. The van der Waals surface area contributed by atoms with Gasteiger partial charge in [-0.25, -0.2) is 0 Å². The van der Waals surface area contributed by atoms with Gasteiger partial charge in [0.25, 0.3) is 0 Å². The highest BCUT2D eigenvalue weighted by atomic mass is 32.2. The Labute approximate surface area is 67.2 Å². The lowest BCUT2D eigenvalue weighted by molar-refractivity contribution is 0.247. The van der Waals surface area contributed by atoms with Gasteiger partial charge in [0, 0.05) is 0 Å². The molecular formula is C2HN2O6S2-. The Hall–Kier alpha value is -1.42. The maximum atomic E-state index is 10.4. The monoisotopic (exact) mass is 213 g/mol. The normalized spacial score (nSPS) is 9.67. The molecule has 0 amide bonds. The van der Waals surface area contributed by atoms with E-state index in [1.807, 2.05) is 0 Å². The molecule has 0 fully saturated rings. The van der Waals surface area contributed by atoms with Crippen molar-refractivity contribution in [2.24, 2.45) is 0 Å². The molecule has 8 nitrogen and oxygen atoms in total. The van der Waals surface area contributed by atoms with Crippen molar-refractivity contribution in [3.8, 4) is 0 Å². The Balaban J connectivity index is 4.40. The summed E-state index contributed by atoms with van der Waals surface area (Å²) in [6.45, 7) is 0. The molecule has 12 heavy (non-hydrogen) atoms. The maximum absolute atomic E-state index is 10.4. The third-order valence-corrected chi connectivity index (χ3v) is 2.31. The summed E-state index contributed by atoms with van der Waals surface area (Å²) in [4.78, 5) is -0.450. The first-order valence-corrected chi connectivity index (χ1v) is 4.52. The van der Waals surface area contributed by atoms with Crippen molar-refractivity contribution < 1.29 is 21.5 Å². The van der Waals surface area contributed by atoms with Gasteiger partial charge < -0.3 is 9.84 Å². The molecule has 1 aromatic heterocycles. The molecule has 0 saturated heterocycles. The molecule has 0 aliphatic heterocycles. The van der Waals surface area contributed by atoms with Crippen molar-refractivity contribution in [2.45, 2.75) is 0 Å². The molecule has 0 spiro atoms. The Morgan fingerprint density at radius 1 is 1.25 bits per heavy atom. The Kier molecular flexibility index (Phi) is 2.10. The molecule has 0 aliphatic rings. The highest BCUT2D eigenvalue weighted by Gasteiger charge is 1.94. The molecule has 0 bridgehead atoms. The van der Waals surface area contributed by atoms with Crippen molar-refractivity contribution in [3.63, 3.8) is 0 Å². The number of hydrogen-bond donors (Lipinski definition) is 1. The minimum Gasteiger partial charge on any atom is -0.459 e. The summed E-state index contributed by atoms with van der Waals surface area (Å²) >= 11 is 0. The first kappa shape index (κ1) is 8.67. The van der Waals surface area contributed by atoms with E-state index in [-0.39, 0.29) is 0 Å². The third-order valence-electron chi connectivity index (χ3n) is 0.906. The number of rotatable bonds is 0. The van der Waals surface area contributed by atoms with E-state index >= 15 is 0 Å². The van der Waals surface area contributed by atoms with Crippen molar-refractivity contribution in [1.29, 1.82) is 0 Å². The summed E-state index contributed by atoms with van der Waals surface area (Å²) in [6.07, 6.45) is 0. The maximum Gasteiger partial charge on any atom is 0.244 e. The van der Waals surface area contributed by atoms with Gasteiger partial charge in [-0.3, -0.25) is 5.16 Å². The van der Waals surface area contributed by atoms with Crippen LogP contribution in [0.5, 0.6) is 0 Å². The highest BCUT2D eigenvalue weighted by Crippen LogP contribution is 1.87. The van der Waals surface area contributed by atoms with Crippen molar-refractivity contribution in [1.82, 2.24) is 10.1 Å². The SMILES string of the molecule is O=S(=O)=c1[nH]on([O-])c1=S(=O)=O. The second kappa shape index (κ2) is 2.91. The van der Waals surface area contributed by atoms with Crippen LogP contribution in [0, 0.1) is 14.5 Å². The summed E-state index contributed by atoms with van der Waals surface area (Å²) in [7, 11) is -5.81. The number of aromatic nitrogens is 2. The number of H-pyrrole nitrogens is 1. The average molecular weight is 213 g/mol. The summed E-state index contributed by atoms with van der Waals surface area (Å²) in [6, 6.07) is 0. The van der Waals surface area contributed by atoms with Crippen LogP contribution in [0.15, 0.2) is 4.63 Å². The molecule has 0 aliphatic carbocycles. The topological polar surface area (TPSA) is 125 Å². The van der Waals surface area contributed by atoms with Crippen LogP contribution in [-0.4, -0.2) is 26.9 Å². The van der Waals surface area contributed by atoms with Crippen LogP contribution < -0.4 is 0 Å². The van der Waals surface area contributed by atoms with E-state index in [2.05, 4.69) is 4.63 Å². The summed E-state index contributed by atoms with van der Waals surface area (Å²) in [5.74, 6) is 0. The second-order valence-electron chi connectivity index (χ2n) is 1.55. The van der Waals surface area contributed by atoms with Crippen LogP contribution in [0.2, 0.25) is 0 Å². The Morgan fingerprint density at radius 3 is 2.17 bits per heavy atom. The predicted octanol–water partition coefficient (Wildman–Crippen LogP) is -1.42. The zero-order chi connectivity index (χ0) is 9.30. The van der Waals surface area contributed by atoms with Gasteiger partial charge in [-0.15, -0.1) is 0 Å². The van der Waals surface area contributed by atoms with Gasteiger partial charge in [-0.05, 0) is 0 Å².